The van der Waals surface area contributed by atoms with Gasteiger partial charge in [-0.15, -0.1) is 24.0 Å². The van der Waals surface area contributed by atoms with E-state index in [9.17, 15) is 4.79 Å². The van der Waals surface area contributed by atoms with Crippen LogP contribution < -0.4 is 5.32 Å². The van der Waals surface area contributed by atoms with Crippen LogP contribution in [0.15, 0.2) is 65.8 Å². The van der Waals surface area contributed by atoms with Crippen LogP contribution in [0.2, 0.25) is 0 Å². The summed E-state index contributed by atoms with van der Waals surface area (Å²) in [4.78, 5) is 28.5. The molecule has 0 aliphatic heterocycles. The molecular formula is C25H33IN6O. The van der Waals surface area contributed by atoms with E-state index in [0.29, 0.717) is 18.7 Å². The van der Waals surface area contributed by atoms with Gasteiger partial charge in [0.05, 0.1) is 18.4 Å². The molecule has 1 amide bonds. The Hall–Kier alpha value is -2.88. The number of imidazole rings is 1. The standard InChI is InChI=1S/C25H32N6O.HI/c1-5-26-25(27-15-14-19-10-9-13-21(16-19)24(32)30(2)3)31(4)18-23-28-17-22(29-23)20-11-7-6-8-12-20;/h6-13,16-17H,5,14-15,18H2,1-4H3,(H,26,27)(H,28,29);1H. The zero-order chi connectivity index (χ0) is 22.9. The average Bonchev–Trinajstić information content (AvgIpc) is 3.27. The van der Waals surface area contributed by atoms with E-state index in [1.807, 2.05) is 55.7 Å². The predicted molar refractivity (Wildman–Crippen MR) is 145 cm³/mol. The van der Waals surface area contributed by atoms with Crippen molar-refractivity contribution in [3.8, 4) is 11.3 Å². The minimum Gasteiger partial charge on any atom is -0.357 e. The van der Waals surface area contributed by atoms with Gasteiger partial charge in [0.2, 0.25) is 0 Å². The van der Waals surface area contributed by atoms with E-state index >= 15 is 0 Å². The van der Waals surface area contributed by atoms with Gasteiger partial charge in [0.1, 0.15) is 5.82 Å². The molecule has 0 aliphatic carbocycles. The van der Waals surface area contributed by atoms with Crippen molar-refractivity contribution in [3.05, 3.63) is 77.7 Å². The summed E-state index contributed by atoms with van der Waals surface area (Å²) < 4.78 is 0. The lowest BCUT2D eigenvalue weighted by Crippen LogP contribution is -2.38. The van der Waals surface area contributed by atoms with Crippen LogP contribution >= 0.6 is 24.0 Å². The number of amides is 1. The first-order valence-corrected chi connectivity index (χ1v) is 10.9. The van der Waals surface area contributed by atoms with E-state index in [1.54, 1.807) is 19.0 Å². The van der Waals surface area contributed by atoms with Gasteiger partial charge >= 0.3 is 0 Å². The van der Waals surface area contributed by atoms with Crippen molar-refractivity contribution >= 4 is 35.8 Å². The third kappa shape index (κ3) is 7.59. The molecule has 0 unspecified atom stereocenters. The van der Waals surface area contributed by atoms with Gasteiger partial charge in [-0.3, -0.25) is 9.79 Å². The molecule has 0 spiro atoms. The van der Waals surface area contributed by atoms with E-state index < -0.39 is 0 Å². The Bertz CT molecular complexity index is 1050. The molecule has 3 aromatic rings. The number of carbonyl (C=O) groups is 1. The van der Waals surface area contributed by atoms with Crippen LogP contribution in [-0.2, 0) is 13.0 Å². The van der Waals surface area contributed by atoms with Crippen LogP contribution in [0.4, 0.5) is 0 Å². The lowest BCUT2D eigenvalue weighted by Gasteiger charge is -2.21. The van der Waals surface area contributed by atoms with Crippen molar-refractivity contribution in [2.24, 2.45) is 4.99 Å². The Kier molecular flexibility index (Phi) is 10.4. The van der Waals surface area contributed by atoms with Gasteiger partial charge < -0.3 is 20.1 Å². The van der Waals surface area contributed by atoms with E-state index in [1.165, 1.54) is 0 Å². The predicted octanol–water partition coefficient (Wildman–Crippen LogP) is 4.04. The van der Waals surface area contributed by atoms with E-state index in [4.69, 9.17) is 4.99 Å². The summed E-state index contributed by atoms with van der Waals surface area (Å²) in [5.74, 6) is 1.72. The van der Waals surface area contributed by atoms with Crippen molar-refractivity contribution in [3.63, 3.8) is 0 Å². The molecule has 1 heterocycles. The highest BCUT2D eigenvalue weighted by Crippen LogP contribution is 2.16. The Morgan fingerprint density at radius 1 is 1.09 bits per heavy atom. The quantitative estimate of drug-likeness (QED) is 0.248. The summed E-state index contributed by atoms with van der Waals surface area (Å²) in [5.41, 5.74) is 3.92. The fraction of sp³-hybridized carbons (Fsp3) is 0.320. The van der Waals surface area contributed by atoms with Gasteiger partial charge in [-0.25, -0.2) is 4.98 Å². The number of aromatic nitrogens is 2. The molecule has 33 heavy (non-hydrogen) atoms. The van der Waals surface area contributed by atoms with Gasteiger partial charge in [-0.2, -0.15) is 0 Å². The van der Waals surface area contributed by atoms with Gasteiger partial charge in [0.25, 0.3) is 5.91 Å². The van der Waals surface area contributed by atoms with Crippen molar-refractivity contribution < 1.29 is 4.79 Å². The normalized spacial score (nSPS) is 11.0. The summed E-state index contributed by atoms with van der Waals surface area (Å²) in [7, 11) is 5.53. The molecule has 0 saturated carbocycles. The summed E-state index contributed by atoms with van der Waals surface area (Å²) in [6, 6.07) is 17.9. The third-order valence-electron chi connectivity index (χ3n) is 5.04. The number of aromatic amines is 1. The molecule has 0 aliphatic rings. The molecule has 1 aromatic heterocycles. The number of nitrogens with zero attached hydrogens (tertiary/aromatic N) is 4. The fourth-order valence-corrected chi connectivity index (χ4v) is 3.39. The molecule has 0 atom stereocenters. The Morgan fingerprint density at radius 3 is 2.55 bits per heavy atom. The van der Waals surface area contributed by atoms with Crippen molar-refractivity contribution in [2.75, 3.05) is 34.2 Å². The van der Waals surface area contributed by atoms with Crippen LogP contribution in [0, 0.1) is 0 Å². The third-order valence-corrected chi connectivity index (χ3v) is 5.04. The van der Waals surface area contributed by atoms with Gasteiger partial charge in [-0.05, 0) is 36.6 Å². The molecule has 8 heteroatoms. The van der Waals surface area contributed by atoms with Crippen LogP contribution in [0.3, 0.4) is 0 Å². The van der Waals surface area contributed by atoms with Crippen molar-refractivity contribution in [2.45, 2.75) is 19.9 Å². The zero-order valence-electron chi connectivity index (χ0n) is 19.7. The summed E-state index contributed by atoms with van der Waals surface area (Å²) in [6.45, 7) is 4.08. The second-order valence-electron chi connectivity index (χ2n) is 7.85. The number of rotatable bonds is 8. The van der Waals surface area contributed by atoms with Gasteiger partial charge in [0.15, 0.2) is 5.96 Å². The van der Waals surface area contributed by atoms with Gasteiger partial charge in [0, 0.05) is 39.8 Å². The minimum absolute atomic E-state index is 0. The first-order chi connectivity index (χ1) is 15.5. The van der Waals surface area contributed by atoms with E-state index in [0.717, 1.165) is 41.6 Å². The van der Waals surface area contributed by atoms with Crippen LogP contribution in [0.1, 0.15) is 28.7 Å². The number of nitrogens with one attached hydrogen (secondary N) is 2. The van der Waals surface area contributed by atoms with Crippen LogP contribution in [-0.4, -0.2) is 65.9 Å². The smallest absolute Gasteiger partial charge is 0.253 e. The second kappa shape index (κ2) is 13.0. The minimum atomic E-state index is 0. The van der Waals surface area contributed by atoms with Crippen molar-refractivity contribution in [1.82, 2.24) is 25.1 Å². The maximum Gasteiger partial charge on any atom is 0.253 e. The number of hydrogen-bond acceptors (Lipinski definition) is 3. The highest BCUT2D eigenvalue weighted by atomic mass is 127. The monoisotopic (exact) mass is 560 g/mol. The Morgan fingerprint density at radius 2 is 1.85 bits per heavy atom. The molecule has 2 N–H and O–H groups in total. The van der Waals surface area contributed by atoms with Crippen molar-refractivity contribution in [1.29, 1.82) is 0 Å². The average molecular weight is 560 g/mol. The number of carbonyl (C=O) groups excluding carboxylic acids is 1. The molecule has 2 aromatic carbocycles. The first-order valence-electron chi connectivity index (χ1n) is 10.9. The highest BCUT2D eigenvalue weighted by Gasteiger charge is 2.11. The number of halogens is 1. The Labute approximate surface area is 213 Å². The number of benzene rings is 2. The molecule has 0 radical (unpaired) electrons. The SMILES string of the molecule is CCNC(=NCCc1cccc(C(=O)N(C)C)c1)N(C)Cc1ncc(-c2ccccc2)[nH]1.I. The lowest BCUT2D eigenvalue weighted by molar-refractivity contribution is 0.0827. The fourth-order valence-electron chi connectivity index (χ4n) is 3.39. The number of aliphatic imine (C=N–C) groups is 1. The summed E-state index contributed by atoms with van der Waals surface area (Å²) in [5, 5.41) is 3.35. The lowest BCUT2D eigenvalue weighted by atomic mass is 10.1. The highest BCUT2D eigenvalue weighted by molar-refractivity contribution is 14.0. The van der Waals surface area contributed by atoms with Gasteiger partial charge in [-0.1, -0.05) is 42.5 Å². The molecule has 0 bridgehead atoms. The summed E-state index contributed by atoms with van der Waals surface area (Å²) >= 11 is 0. The maximum absolute atomic E-state index is 12.2. The van der Waals surface area contributed by atoms with Crippen LogP contribution in [0.25, 0.3) is 11.3 Å². The zero-order valence-corrected chi connectivity index (χ0v) is 22.0. The maximum atomic E-state index is 12.2. The molecule has 7 nitrogen and oxygen atoms in total. The van der Waals surface area contributed by atoms with E-state index in [2.05, 4.69) is 39.2 Å². The molecule has 176 valence electrons. The molecule has 3 rings (SSSR count). The first kappa shape index (κ1) is 26.4. The van der Waals surface area contributed by atoms with Crippen LogP contribution in [0.5, 0.6) is 0 Å². The molecule has 0 fully saturated rings. The molecule has 0 saturated heterocycles. The molecular weight excluding hydrogens is 527 g/mol. The topological polar surface area (TPSA) is 76.6 Å². The second-order valence-corrected chi connectivity index (χ2v) is 7.85. The largest absolute Gasteiger partial charge is 0.357 e. The number of hydrogen-bond donors (Lipinski definition) is 2. The number of H-pyrrole nitrogens is 1. The van der Waals surface area contributed by atoms with E-state index in [-0.39, 0.29) is 29.9 Å². The number of guanidine groups is 1. The Balaban J connectivity index is 0.00000385. The summed E-state index contributed by atoms with van der Waals surface area (Å²) in [6.07, 6.45) is 2.63.